The van der Waals surface area contributed by atoms with Crippen molar-refractivity contribution in [1.29, 1.82) is 0 Å². The van der Waals surface area contributed by atoms with E-state index in [0.717, 1.165) is 33.0 Å². The molecular weight excluding hydrogens is 368 g/mol. The number of anilines is 1. The number of hydrogen-bond donors (Lipinski definition) is 1. The van der Waals surface area contributed by atoms with Crippen LogP contribution in [-0.4, -0.2) is 21.9 Å². The van der Waals surface area contributed by atoms with Crippen LogP contribution in [0.15, 0.2) is 65.4 Å². The molecule has 0 radical (unpaired) electrons. The molecule has 1 aliphatic rings. The molecular formula is C18H15BrN4O. The number of aromatic nitrogens is 3. The van der Waals surface area contributed by atoms with Gasteiger partial charge in [-0.3, -0.25) is 0 Å². The number of methoxy groups -OCH3 is 1. The molecule has 0 saturated heterocycles. The van der Waals surface area contributed by atoms with Crippen LogP contribution in [0, 0.1) is 0 Å². The Kier molecular flexibility index (Phi) is 3.82. The summed E-state index contributed by atoms with van der Waals surface area (Å²) in [6.07, 6.45) is 3.72. The van der Waals surface area contributed by atoms with Crippen molar-refractivity contribution in [3.63, 3.8) is 0 Å². The van der Waals surface area contributed by atoms with E-state index in [4.69, 9.17) is 4.74 Å². The van der Waals surface area contributed by atoms with E-state index < -0.39 is 0 Å². The zero-order valence-electron chi connectivity index (χ0n) is 13.0. The van der Waals surface area contributed by atoms with E-state index in [0.29, 0.717) is 0 Å². The van der Waals surface area contributed by atoms with E-state index in [9.17, 15) is 0 Å². The van der Waals surface area contributed by atoms with Crippen LogP contribution in [0.3, 0.4) is 0 Å². The van der Waals surface area contributed by atoms with Gasteiger partial charge in [-0.2, -0.15) is 10.1 Å². The maximum atomic E-state index is 5.25. The van der Waals surface area contributed by atoms with Crippen LogP contribution in [0.25, 0.3) is 5.70 Å². The Balaban J connectivity index is 1.78. The summed E-state index contributed by atoms with van der Waals surface area (Å²) < 4.78 is 8.16. The highest BCUT2D eigenvalue weighted by molar-refractivity contribution is 9.10. The van der Waals surface area contributed by atoms with Crippen molar-refractivity contribution < 1.29 is 4.74 Å². The number of allylic oxidation sites excluding steroid dienone is 1. The molecule has 0 amide bonds. The van der Waals surface area contributed by atoms with Crippen molar-refractivity contribution in [2.45, 2.75) is 6.04 Å². The summed E-state index contributed by atoms with van der Waals surface area (Å²) in [5, 5.41) is 7.71. The van der Waals surface area contributed by atoms with Crippen LogP contribution >= 0.6 is 15.9 Å². The first-order valence-electron chi connectivity index (χ1n) is 7.53. The number of hydrogen-bond acceptors (Lipinski definition) is 4. The molecule has 24 heavy (non-hydrogen) atoms. The SMILES string of the molecule is COc1ccc(C2C=C(c3cccc(Br)c3)Nc3ncnn32)cc1. The fraction of sp³-hybridized carbons (Fsp3) is 0.111. The Hall–Kier alpha value is -2.60. The fourth-order valence-electron chi connectivity index (χ4n) is 2.80. The van der Waals surface area contributed by atoms with Gasteiger partial charge in [0.1, 0.15) is 18.1 Å². The zero-order valence-corrected chi connectivity index (χ0v) is 14.6. The molecule has 5 nitrogen and oxygen atoms in total. The molecule has 120 valence electrons. The quantitative estimate of drug-likeness (QED) is 0.740. The van der Waals surface area contributed by atoms with Crippen LogP contribution in [-0.2, 0) is 0 Å². The number of nitrogens with zero attached hydrogens (tertiary/aromatic N) is 3. The number of rotatable bonds is 3. The summed E-state index contributed by atoms with van der Waals surface area (Å²) in [5.41, 5.74) is 3.23. The van der Waals surface area contributed by atoms with E-state index >= 15 is 0 Å². The maximum absolute atomic E-state index is 5.25. The maximum Gasteiger partial charge on any atom is 0.226 e. The summed E-state index contributed by atoms with van der Waals surface area (Å²) in [6.45, 7) is 0. The molecule has 0 bridgehead atoms. The van der Waals surface area contributed by atoms with Gasteiger partial charge in [-0.1, -0.05) is 40.2 Å². The summed E-state index contributed by atoms with van der Waals surface area (Å²) in [6, 6.07) is 16.2. The molecule has 4 rings (SSSR count). The average Bonchev–Trinajstić information content (AvgIpc) is 3.09. The lowest BCUT2D eigenvalue weighted by molar-refractivity contribution is 0.414. The minimum absolute atomic E-state index is 0.0244. The Morgan fingerprint density at radius 2 is 2.00 bits per heavy atom. The predicted octanol–water partition coefficient (Wildman–Crippen LogP) is 4.11. The van der Waals surface area contributed by atoms with Crippen molar-refractivity contribution >= 4 is 27.6 Å². The summed E-state index contributed by atoms with van der Waals surface area (Å²) >= 11 is 3.53. The van der Waals surface area contributed by atoms with Crippen LogP contribution < -0.4 is 10.1 Å². The van der Waals surface area contributed by atoms with E-state index in [2.05, 4.69) is 61.7 Å². The Morgan fingerprint density at radius 1 is 1.17 bits per heavy atom. The van der Waals surface area contributed by atoms with Crippen LogP contribution in [0.2, 0.25) is 0 Å². The van der Waals surface area contributed by atoms with Crippen molar-refractivity contribution in [1.82, 2.24) is 14.8 Å². The molecule has 6 heteroatoms. The van der Waals surface area contributed by atoms with Gasteiger partial charge in [-0.25, -0.2) is 4.68 Å². The van der Waals surface area contributed by atoms with Crippen LogP contribution in [0.5, 0.6) is 5.75 Å². The lowest BCUT2D eigenvalue weighted by atomic mass is 10.0. The topological polar surface area (TPSA) is 52.0 Å². The number of benzene rings is 2. The summed E-state index contributed by atoms with van der Waals surface area (Å²) in [5.74, 6) is 1.57. The van der Waals surface area contributed by atoms with Crippen molar-refractivity contribution in [2.24, 2.45) is 0 Å². The van der Waals surface area contributed by atoms with Crippen molar-refractivity contribution in [2.75, 3.05) is 12.4 Å². The summed E-state index contributed by atoms with van der Waals surface area (Å²) in [7, 11) is 1.67. The third-order valence-electron chi connectivity index (χ3n) is 4.00. The second-order valence-corrected chi connectivity index (χ2v) is 6.38. The van der Waals surface area contributed by atoms with Gasteiger partial charge in [-0.05, 0) is 41.5 Å². The Labute approximate surface area is 148 Å². The average molecular weight is 383 g/mol. The van der Waals surface area contributed by atoms with Gasteiger partial charge in [-0.15, -0.1) is 0 Å². The monoisotopic (exact) mass is 382 g/mol. The van der Waals surface area contributed by atoms with Crippen molar-refractivity contribution in [3.8, 4) is 5.75 Å². The largest absolute Gasteiger partial charge is 0.497 e. The van der Waals surface area contributed by atoms with Gasteiger partial charge < -0.3 is 10.1 Å². The molecule has 0 saturated carbocycles. The molecule has 2 aromatic carbocycles. The highest BCUT2D eigenvalue weighted by Crippen LogP contribution is 2.33. The zero-order chi connectivity index (χ0) is 16.5. The molecule has 1 unspecified atom stereocenters. The number of halogens is 1. The number of nitrogens with one attached hydrogen (secondary N) is 1. The third kappa shape index (κ3) is 2.69. The van der Waals surface area contributed by atoms with Gasteiger partial charge in [0.15, 0.2) is 0 Å². The molecule has 1 aliphatic heterocycles. The molecule has 1 atom stereocenters. The molecule has 0 aliphatic carbocycles. The lowest BCUT2D eigenvalue weighted by Crippen LogP contribution is -2.20. The fourth-order valence-corrected chi connectivity index (χ4v) is 3.20. The first-order valence-corrected chi connectivity index (χ1v) is 8.32. The van der Waals surface area contributed by atoms with Crippen molar-refractivity contribution in [3.05, 3.63) is 76.5 Å². The highest BCUT2D eigenvalue weighted by Gasteiger charge is 2.23. The number of fused-ring (bicyclic) bond motifs is 1. The minimum atomic E-state index is -0.0244. The first kappa shape index (κ1) is 15.0. The van der Waals surface area contributed by atoms with E-state index in [-0.39, 0.29) is 6.04 Å². The number of ether oxygens (including phenoxy) is 1. The minimum Gasteiger partial charge on any atom is -0.497 e. The Morgan fingerprint density at radius 3 is 2.75 bits per heavy atom. The van der Waals surface area contributed by atoms with Gasteiger partial charge in [0.05, 0.1) is 7.11 Å². The van der Waals surface area contributed by atoms with Crippen LogP contribution in [0.1, 0.15) is 17.2 Å². The van der Waals surface area contributed by atoms with Gasteiger partial charge in [0.2, 0.25) is 5.95 Å². The molecule has 1 aromatic heterocycles. The molecule has 0 spiro atoms. The predicted molar refractivity (Wildman–Crippen MR) is 96.9 cm³/mol. The summed E-state index contributed by atoms with van der Waals surface area (Å²) in [4.78, 5) is 4.33. The molecule has 1 N–H and O–H groups in total. The smallest absolute Gasteiger partial charge is 0.226 e. The second-order valence-electron chi connectivity index (χ2n) is 5.46. The molecule has 0 fully saturated rings. The second kappa shape index (κ2) is 6.13. The van der Waals surface area contributed by atoms with E-state index in [1.54, 1.807) is 13.4 Å². The Bertz CT molecular complexity index is 901. The normalized spacial score (nSPS) is 16.1. The third-order valence-corrected chi connectivity index (χ3v) is 4.49. The van der Waals surface area contributed by atoms with Gasteiger partial charge >= 0.3 is 0 Å². The van der Waals surface area contributed by atoms with Gasteiger partial charge in [0.25, 0.3) is 0 Å². The molecule has 2 heterocycles. The van der Waals surface area contributed by atoms with E-state index in [1.165, 1.54) is 0 Å². The first-order chi connectivity index (χ1) is 11.7. The molecule has 3 aromatic rings. The van der Waals surface area contributed by atoms with Crippen LogP contribution in [0.4, 0.5) is 5.95 Å². The lowest BCUT2D eigenvalue weighted by Gasteiger charge is -2.24. The standard InChI is InChI=1S/C18H15BrN4O/c1-24-15-7-5-12(6-8-15)17-10-16(13-3-2-4-14(19)9-13)22-18-20-11-21-23(17)18/h2-11,17H,1H3,(H,20,21,22). The van der Waals surface area contributed by atoms with E-state index in [1.807, 2.05) is 28.9 Å². The highest BCUT2D eigenvalue weighted by atomic mass is 79.9. The van der Waals surface area contributed by atoms with Gasteiger partial charge in [0, 0.05) is 10.2 Å².